The van der Waals surface area contributed by atoms with E-state index in [0.717, 1.165) is 48.2 Å². The number of H-pyrrole nitrogens is 1. The van der Waals surface area contributed by atoms with E-state index in [0.29, 0.717) is 18.6 Å². The van der Waals surface area contributed by atoms with E-state index in [-0.39, 0.29) is 11.7 Å². The van der Waals surface area contributed by atoms with Gasteiger partial charge >= 0.3 is 0 Å². The van der Waals surface area contributed by atoms with Crippen LogP contribution in [0.3, 0.4) is 0 Å². The van der Waals surface area contributed by atoms with E-state index >= 15 is 0 Å². The molecular formula is C27H37FN2O. The summed E-state index contributed by atoms with van der Waals surface area (Å²) in [6.45, 7) is 11.7. The molecule has 0 spiro atoms. The molecule has 3 nitrogen and oxygen atoms in total. The van der Waals surface area contributed by atoms with E-state index in [1.165, 1.54) is 6.08 Å². The van der Waals surface area contributed by atoms with Crippen molar-refractivity contribution in [1.29, 1.82) is 0 Å². The van der Waals surface area contributed by atoms with Crippen molar-refractivity contribution in [3.05, 3.63) is 84.0 Å². The van der Waals surface area contributed by atoms with Crippen molar-refractivity contribution in [2.24, 2.45) is 5.92 Å². The van der Waals surface area contributed by atoms with Crippen molar-refractivity contribution in [2.45, 2.75) is 66.2 Å². The molecule has 0 saturated heterocycles. The topological polar surface area (TPSA) is 45.8 Å². The van der Waals surface area contributed by atoms with Gasteiger partial charge in [-0.25, -0.2) is 4.39 Å². The first-order valence-electron chi connectivity index (χ1n) is 11.2. The third-order valence-corrected chi connectivity index (χ3v) is 4.94. The Bertz CT molecular complexity index is 852. The minimum absolute atomic E-state index is 0.169. The number of ketones is 1. The van der Waals surface area contributed by atoms with Gasteiger partial charge in [-0.15, -0.1) is 0 Å². The maximum absolute atomic E-state index is 13.3. The van der Waals surface area contributed by atoms with E-state index in [4.69, 9.17) is 0 Å². The Labute approximate surface area is 187 Å². The Kier molecular flexibility index (Phi) is 12.8. The number of aryl methyl sites for hydroxylation is 1. The minimum Gasteiger partial charge on any atom is -0.300 e. The first-order chi connectivity index (χ1) is 14.9. The number of aromatic amines is 1. The Morgan fingerprint density at radius 3 is 2.61 bits per heavy atom. The molecule has 1 heterocycles. The predicted octanol–water partition coefficient (Wildman–Crippen LogP) is 7.77. The lowest BCUT2D eigenvalue weighted by molar-refractivity contribution is -0.119. The second-order valence-electron chi connectivity index (χ2n) is 7.58. The molecule has 1 aliphatic rings. The average Bonchev–Trinajstić information content (AvgIpc) is 3.17. The number of rotatable bonds is 9. The lowest BCUT2D eigenvalue weighted by Gasteiger charge is -2.17. The zero-order valence-corrected chi connectivity index (χ0v) is 19.5. The molecule has 0 fully saturated rings. The number of carbonyl (C=O) groups is 1. The molecule has 1 N–H and O–H groups in total. The fourth-order valence-electron chi connectivity index (χ4n) is 3.34. The highest BCUT2D eigenvalue weighted by atomic mass is 19.1. The lowest BCUT2D eigenvalue weighted by atomic mass is 9.87. The van der Waals surface area contributed by atoms with Crippen LogP contribution in [0.5, 0.6) is 0 Å². The number of aromatic nitrogens is 2. The number of allylic oxidation sites excluding steroid dienone is 11. The zero-order chi connectivity index (χ0) is 23.1. The maximum Gasteiger partial charge on any atom is 0.133 e. The van der Waals surface area contributed by atoms with Crippen LogP contribution in [0.15, 0.2) is 72.7 Å². The van der Waals surface area contributed by atoms with Crippen LogP contribution in [-0.4, -0.2) is 16.0 Å². The van der Waals surface area contributed by atoms with Crippen molar-refractivity contribution in [3.8, 4) is 0 Å². The molecule has 1 aromatic heterocycles. The van der Waals surface area contributed by atoms with Gasteiger partial charge in [0.15, 0.2) is 0 Å². The monoisotopic (exact) mass is 424 g/mol. The van der Waals surface area contributed by atoms with Crippen molar-refractivity contribution in [2.75, 3.05) is 0 Å². The summed E-state index contributed by atoms with van der Waals surface area (Å²) in [5.41, 5.74) is 4.22. The van der Waals surface area contributed by atoms with Gasteiger partial charge in [0.05, 0.1) is 5.69 Å². The second kappa shape index (κ2) is 15.1. The summed E-state index contributed by atoms with van der Waals surface area (Å²) in [5, 5.41) is 7.07. The first kappa shape index (κ1) is 26.3. The summed E-state index contributed by atoms with van der Waals surface area (Å²) in [6, 6.07) is 2.01. The molecule has 0 amide bonds. The number of halogens is 1. The van der Waals surface area contributed by atoms with E-state index < -0.39 is 0 Å². The largest absolute Gasteiger partial charge is 0.300 e. The van der Waals surface area contributed by atoms with Crippen LogP contribution in [0.25, 0.3) is 5.57 Å². The Morgan fingerprint density at radius 2 is 2.03 bits per heavy atom. The van der Waals surface area contributed by atoms with Gasteiger partial charge in [0, 0.05) is 24.1 Å². The number of hydrogen-bond acceptors (Lipinski definition) is 2. The number of hydrogen-bond donors (Lipinski definition) is 1. The van der Waals surface area contributed by atoms with Crippen LogP contribution in [0.2, 0.25) is 0 Å². The van der Waals surface area contributed by atoms with Crippen LogP contribution in [-0.2, 0) is 4.79 Å². The Morgan fingerprint density at radius 1 is 1.29 bits per heavy atom. The van der Waals surface area contributed by atoms with Crippen LogP contribution in [0.4, 0.5) is 4.39 Å². The summed E-state index contributed by atoms with van der Waals surface area (Å²) >= 11 is 0. The minimum atomic E-state index is -0.169. The van der Waals surface area contributed by atoms with Gasteiger partial charge in [-0.3, -0.25) is 9.89 Å². The molecule has 0 aromatic carbocycles. The van der Waals surface area contributed by atoms with Crippen molar-refractivity contribution >= 4 is 11.4 Å². The number of carbonyl (C=O) groups excluding carboxylic acids is 1. The summed E-state index contributed by atoms with van der Waals surface area (Å²) in [7, 11) is 0. The molecule has 2 rings (SSSR count). The van der Waals surface area contributed by atoms with Gasteiger partial charge in [0.1, 0.15) is 11.6 Å². The molecule has 1 aromatic rings. The standard InChI is InChI=1S/C16H23FO.C11H14N2/c1-3-7-14(12-16(18)4-2)13-8-5-6-9-15(17)11-10-13;1-4-6-10(7-5-2)11-8-9(3)12-13-11/h8-11,14H,3-7,12H2,1-2H3;4-8H,1H2,2-3H3,(H,12,13)/b11-10?,13-8+,15-9?;7-5-,10-6+. The highest BCUT2D eigenvalue weighted by molar-refractivity contribution is 5.78. The van der Waals surface area contributed by atoms with E-state index in [1.54, 1.807) is 12.2 Å². The molecule has 0 saturated carbocycles. The molecule has 1 aliphatic carbocycles. The molecule has 1 atom stereocenters. The summed E-state index contributed by atoms with van der Waals surface area (Å²) in [5.74, 6) is 0.378. The molecule has 0 radical (unpaired) electrons. The number of nitrogens with zero attached hydrogens (tertiary/aromatic N) is 1. The highest BCUT2D eigenvalue weighted by Crippen LogP contribution is 2.26. The summed E-state index contributed by atoms with van der Waals surface area (Å²) < 4.78 is 13.3. The van der Waals surface area contributed by atoms with E-state index in [2.05, 4.69) is 29.8 Å². The molecule has 0 bridgehead atoms. The number of nitrogens with one attached hydrogen (secondary N) is 1. The van der Waals surface area contributed by atoms with Gasteiger partial charge < -0.3 is 0 Å². The van der Waals surface area contributed by atoms with Gasteiger partial charge in [-0.1, -0.05) is 63.3 Å². The lowest BCUT2D eigenvalue weighted by Crippen LogP contribution is -2.10. The van der Waals surface area contributed by atoms with Crippen molar-refractivity contribution in [3.63, 3.8) is 0 Å². The van der Waals surface area contributed by atoms with E-state index in [9.17, 15) is 9.18 Å². The van der Waals surface area contributed by atoms with Crippen LogP contribution < -0.4 is 0 Å². The summed E-state index contributed by atoms with van der Waals surface area (Å²) in [4.78, 5) is 11.6. The van der Waals surface area contributed by atoms with Crippen LogP contribution in [0, 0.1) is 12.8 Å². The molecular weight excluding hydrogens is 387 g/mol. The van der Waals surface area contributed by atoms with Crippen LogP contribution in [0.1, 0.15) is 70.7 Å². The SMILES string of the molecule is C=C/C=C(\C=C/C)c1cc(C)[nH]n1.CCCC(CC(=O)CC)/C1=C/CCC=C(F)C=C1. The maximum atomic E-state index is 13.3. The molecule has 0 aliphatic heterocycles. The van der Waals surface area contributed by atoms with Gasteiger partial charge in [-0.2, -0.15) is 5.10 Å². The average molecular weight is 425 g/mol. The zero-order valence-electron chi connectivity index (χ0n) is 19.5. The first-order valence-corrected chi connectivity index (χ1v) is 11.2. The van der Waals surface area contributed by atoms with Crippen LogP contribution >= 0.6 is 0 Å². The molecule has 4 heteroatoms. The Hall–Kier alpha value is -2.75. The van der Waals surface area contributed by atoms with Gasteiger partial charge in [0.2, 0.25) is 0 Å². The van der Waals surface area contributed by atoms with Gasteiger partial charge in [0.25, 0.3) is 0 Å². The van der Waals surface area contributed by atoms with E-state index in [1.807, 2.05) is 51.1 Å². The smallest absolute Gasteiger partial charge is 0.133 e. The third kappa shape index (κ3) is 10.2. The highest BCUT2D eigenvalue weighted by Gasteiger charge is 2.15. The fraction of sp³-hybridized carbons (Fsp3) is 0.407. The third-order valence-electron chi connectivity index (χ3n) is 4.94. The predicted molar refractivity (Wildman–Crippen MR) is 130 cm³/mol. The van der Waals surface area contributed by atoms with Gasteiger partial charge in [-0.05, 0) is 62.8 Å². The van der Waals surface area contributed by atoms with Crippen molar-refractivity contribution < 1.29 is 9.18 Å². The normalized spacial score (nSPS) is 17.0. The second-order valence-corrected chi connectivity index (χ2v) is 7.58. The Balaban J connectivity index is 0.000000327. The molecule has 1 unspecified atom stereocenters. The van der Waals surface area contributed by atoms with Crippen molar-refractivity contribution in [1.82, 2.24) is 10.2 Å². The fourth-order valence-corrected chi connectivity index (χ4v) is 3.34. The number of Topliss-reactive ketones (excluding diaryl/α,β-unsaturated/α-hetero) is 1. The quantitative estimate of drug-likeness (QED) is 0.412. The molecule has 168 valence electrons. The molecule has 31 heavy (non-hydrogen) atoms. The summed E-state index contributed by atoms with van der Waals surface area (Å²) in [6.07, 6.45) is 19.6.